The van der Waals surface area contributed by atoms with Gasteiger partial charge in [0.2, 0.25) is 0 Å². The summed E-state index contributed by atoms with van der Waals surface area (Å²) >= 11 is 0. The number of halogens is 4. The van der Waals surface area contributed by atoms with Crippen LogP contribution in [0.1, 0.15) is 11.3 Å². The molecule has 1 heterocycles. The Morgan fingerprint density at radius 2 is 1.80 bits per heavy atom. The minimum atomic E-state index is -4.61. The molecule has 0 aliphatic rings. The first-order chi connectivity index (χ1) is 6.88. The number of hydrogen-bond acceptors (Lipinski definition) is 1. The third-order valence-electron chi connectivity index (χ3n) is 2.01. The van der Waals surface area contributed by atoms with E-state index in [1.165, 1.54) is 13.0 Å². The molecule has 5 heteroatoms. The van der Waals surface area contributed by atoms with Gasteiger partial charge in [0.05, 0.1) is 0 Å². The van der Waals surface area contributed by atoms with Crippen LogP contribution in [0.4, 0.5) is 17.6 Å². The average molecular weight is 218 g/mol. The van der Waals surface area contributed by atoms with Crippen LogP contribution < -0.4 is 0 Å². The molecule has 1 aromatic heterocycles. The molecule has 80 valence electrons. The molecule has 1 nitrogen and oxygen atoms in total. The Hall–Kier alpha value is -1.52. The highest BCUT2D eigenvalue weighted by Crippen LogP contribution is 2.36. The van der Waals surface area contributed by atoms with E-state index in [4.69, 9.17) is 4.42 Å². The van der Waals surface area contributed by atoms with Gasteiger partial charge in [0.1, 0.15) is 22.7 Å². The summed E-state index contributed by atoms with van der Waals surface area (Å²) in [5.41, 5.74) is -1.40. The summed E-state index contributed by atoms with van der Waals surface area (Å²) in [7, 11) is 0. The second kappa shape index (κ2) is 2.98. The van der Waals surface area contributed by atoms with E-state index in [9.17, 15) is 17.6 Å². The van der Waals surface area contributed by atoms with Crippen LogP contribution in [0.3, 0.4) is 0 Å². The monoisotopic (exact) mass is 218 g/mol. The van der Waals surface area contributed by atoms with Crippen LogP contribution in [0, 0.1) is 12.7 Å². The zero-order valence-electron chi connectivity index (χ0n) is 7.65. The van der Waals surface area contributed by atoms with Crippen LogP contribution in [0.5, 0.6) is 0 Å². The number of furan rings is 1. The predicted octanol–water partition coefficient (Wildman–Crippen LogP) is 3.90. The normalized spacial score (nSPS) is 12.3. The van der Waals surface area contributed by atoms with E-state index in [1.807, 2.05) is 0 Å². The van der Waals surface area contributed by atoms with Crippen molar-refractivity contribution < 1.29 is 22.0 Å². The van der Waals surface area contributed by atoms with Gasteiger partial charge in [-0.15, -0.1) is 0 Å². The Kier molecular flexibility index (Phi) is 1.99. The molecule has 0 spiro atoms. The van der Waals surface area contributed by atoms with Gasteiger partial charge in [-0.2, -0.15) is 13.2 Å². The highest BCUT2D eigenvalue weighted by atomic mass is 19.4. The molecule has 0 atom stereocenters. The van der Waals surface area contributed by atoms with Crippen molar-refractivity contribution in [2.45, 2.75) is 13.1 Å². The Balaban J connectivity index is 2.82. The lowest BCUT2D eigenvalue weighted by atomic mass is 10.1. The van der Waals surface area contributed by atoms with Crippen molar-refractivity contribution in [2.24, 2.45) is 0 Å². The summed E-state index contributed by atoms with van der Waals surface area (Å²) in [4.78, 5) is 0. The summed E-state index contributed by atoms with van der Waals surface area (Å²) in [6.07, 6.45) is -4.61. The third-order valence-corrected chi connectivity index (χ3v) is 2.01. The maximum atomic E-state index is 12.9. The smallest absolute Gasteiger partial charge is 0.420 e. The first kappa shape index (κ1) is 10.0. The minimum Gasteiger partial charge on any atom is -0.461 e. The van der Waals surface area contributed by atoms with Crippen LogP contribution in [0.25, 0.3) is 11.0 Å². The Labute approximate surface area is 82.3 Å². The molecule has 0 amide bonds. The quantitative estimate of drug-likeness (QED) is 0.611. The van der Waals surface area contributed by atoms with E-state index in [0.717, 1.165) is 6.07 Å². The average Bonchev–Trinajstić information content (AvgIpc) is 2.41. The first-order valence-electron chi connectivity index (χ1n) is 4.15. The molecular formula is C10H6F4O. The van der Waals surface area contributed by atoms with Gasteiger partial charge in [0.15, 0.2) is 0 Å². The van der Waals surface area contributed by atoms with Gasteiger partial charge >= 0.3 is 6.18 Å². The van der Waals surface area contributed by atoms with Crippen molar-refractivity contribution in [1.29, 1.82) is 0 Å². The van der Waals surface area contributed by atoms with Crippen molar-refractivity contribution >= 4 is 11.0 Å². The molecule has 2 aromatic rings. The number of benzene rings is 1. The van der Waals surface area contributed by atoms with Crippen LogP contribution in [0.15, 0.2) is 22.6 Å². The highest BCUT2D eigenvalue weighted by Gasteiger charge is 2.35. The fourth-order valence-electron chi connectivity index (χ4n) is 1.46. The molecule has 0 bridgehead atoms. The highest BCUT2D eigenvalue weighted by molar-refractivity contribution is 5.81. The molecule has 2 rings (SSSR count). The Morgan fingerprint density at radius 3 is 2.40 bits per heavy atom. The number of hydrogen-bond donors (Lipinski definition) is 0. The lowest BCUT2D eigenvalue weighted by Crippen LogP contribution is -2.05. The fourth-order valence-corrected chi connectivity index (χ4v) is 1.46. The lowest BCUT2D eigenvalue weighted by Gasteiger charge is -2.06. The van der Waals surface area contributed by atoms with E-state index in [1.54, 1.807) is 0 Å². The fraction of sp³-hybridized carbons (Fsp3) is 0.200. The number of aryl methyl sites for hydroxylation is 1. The minimum absolute atomic E-state index is 0.125. The molecule has 0 radical (unpaired) electrons. The molecule has 15 heavy (non-hydrogen) atoms. The molecular weight excluding hydrogens is 212 g/mol. The van der Waals surface area contributed by atoms with E-state index < -0.39 is 17.6 Å². The van der Waals surface area contributed by atoms with Crippen LogP contribution in [-0.2, 0) is 6.18 Å². The number of fused-ring (bicyclic) bond motifs is 1. The zero-order chi connectivity index (χ0) is 11.2. The number of alkyl halides is 3. The zero-order valence-corrected chi connectivity index (χ0v) is 7.65. The molecule has 0 aliphatic carbocycles. The molecule has 0 saturated heterocycles. The van der Waals surface area contributed by atoms with E-state index >= 15 is 0 Å². The molecule has 0 N–H and O–H groups in total. The summed E-state index contributed by atoms with van der Waals surface area (Å²) in [5, 5.41) is 0.125. The molecule has 1 aromatic carbocycles. The molecule has 0 fully saturated rings. The summed E-state index contributed by atoms with van der Waals surface area (Å²) in [6.45, 7) is 1.51. The maximum Gasteiger partial charge on any atom is 0.420 e. The summed E-state index contributed by atoms with van der Waals surface area (Å²) in [5.74, 6) is -0.600. The Bertz CT molecular complexity index is 510. The third kappa shape index (κ3) is 1.69. The molecule has 0 saturated carbocycles. The van der Waals surface area contributed by atoms with Crippen molar-refractivity contribution in [3.8, 4) is 0 Å². The summed E-state index contributed by atoms with van der Waals surface area (Å²) in [6, 6.07) is 2.82. The van der Waals surface area contributed by atoms with Gasteiger partial charge in [0, 0.05) is 5.39 Å². The van der Waals surface area contributed by atoms with Crippen LogP contribution in [0.2, 0.25) is 0 Å². The SMILES string of the molecule is Cc1cc2cc(F)cc(C(F)(F)F)c2o1. The van der Waals surface area contributed by atoms with Gasteiger partial charge in [-0.05, 0) is 25.1 Å². The van der Waals surface area contributed by atoms with Crippen molar-refractivity contribution in [1.82, 2.24) is 0 Å². The van der Waals surface area contributed by atoms with Crippen molar-refractivity contribution in [2.75, 3.05) is 0 Å². The maximum absolute atomic E-state index is 12.9. The van der Waals surface area contributed by atoms with Gasteiger partial charge in [0.25, 0.3) is 0 Å². The Morgan fingerprint density at radius 1 is 1.13 bits per heavy atom. The predicted molar refractivity (Wildman–Crippen MR) is 45.9 cm³/mol. The van der Waals surface area contributed by atoms with E-state index in [0.29, 0.717) is 11.8 Å². The first-order valence-corrected chi connectivity index (χ1v) is 4.15. The molecule has 0 unspecified atom stereocenters. The van der Waals surface area contributed by atoms with Crippen molar-refractivity contribution in [3.63, 3.8) is 0 Å². The van der Waals surface area contributed by atoms with Gasteiger partial charge < -0.3 is 4.42 Å². The van der Waals surface area contributed by atoms with Gasteiger partial charge in [-0.25, -0.2) is 4.39 Å². The topological polar surface area (TPSA) is 13.1 Å². The molecule has 0 aliphatic heterocycles. The lowest BCUT2D eigenvalue weighted by molar-refractivity contribution is -0.137. The van der Waals surface area contributed by atoms with Crippen LogP contribution in [-0.4, -0.2) is 0 Å². The van der Waals surface area contributed by atoms with Gasteiger partial charge in [-0.1, -0.05) is 0 Å². The van der Waals surface area contributed by atoms with Crippen molar-refractivity contribution in [3.05, 3.63) is 35.3 Å². The summed E-state index contributed by atoms with van der Waals surface area (Å²) < 4.78 is 55.2. The number of rotatable bonds is 0. The second-order valence-electron chi connectivity index (χ2n) is 3.23. The largest absolute Gasteiger partial charge is 0.461 e. The van der Waals surface area contributed by atoms with Gasteiger partial charge in [-0.3, -0.25) is 0 Å². The van der Waals surface area contributed by atoms with E-state index in [-0.39, 0.29) is 11.0 Å². The second-order valence-corrected chi connectivity index (χ2v) is 3.23. The standard InChI is InChI=1S/C10H6F4O/c1-5-2-6-3-7(11)4-8(9(6)15-5)10(12,13)14/h2-4H,1H3. The van der Waals surface area contributed by atoms with E-state index in [2.05, 4.69) is 0 Å². The van der Waals surface area contributed by atoms with Crippen LogP contribution >= 0.6 is 0 Å².